The summed E-state index contributed by atoms with van der Waals surface area (Å²) in [6, 6.07) is 16.7. The molecular weight excluding hydrogens is 294 g/mol. The third-order valence-corrected chi connectivity index (χ3v) is 2.84. The molecule has 0 saturated carbocycles. The third-order valence-electron chi connectivity index (χ3n) is 2.84. The Bertz CT molecular complexity index is 747. The lowest BCUT2D eigenvalue weighted by Gasteiger charge is -2.07. The van der Waals surface area contributed by atoms with Crippen molar-refractivity contribution in [3.8, 4) is 17.0 Å². The first kappa shape index (κ1) is 16.0. The van der Waals surface area contributed by atoms with Gasteiger partial charge in [0.25, 0.3) is 6.47 Å². The van der Waals surface area contributed by atoms with Gasteiger partial charge in [-0.15, -0.1) is 0 Å². The number of aromatic hydroxyl groups is 1. The number of phenolic OH excluding ortho intramolecular Hbond substituents is 1. The molecule has 6 heteroatoms. The predicted octanol–water partition coefficient (Wildman–Crippen LogP) is 3.29. The quantitative estimate of drug-likeness (QED) is 0.643. The van der Waals surface area contributed by atoms with Crippen LogP contribution in [0.5, 0.6) is 5.75 Å². The van der Waals surface area contributed by atoms with Gasteiger partial charge in [-0.25, -0.2) is 4.98 Å². The molecule has 3 aromatic rings. The van der Waals surface area contributed by atoms with Crippen molar-refractivity contribution in [1.82, 2.24) is 9.97 Å². The van der Waals surface area contributed by atoms with Crippen LogP contribution in [0.3, 0.4) is 0 Å². The Morgan fingerprint density at radius 2 is 1.61 bits per heavy atom. The van der Waals surface area contributed by atoms with Crippen LogP contribution >= 0.6 is 0 Å². The number of anilines is 2. The number of phenols is 1. The Morgan fingerprint density at radius 3 is 2.26 bits per heavy atom. The Labute approximate surface area is 133 Å². The number of para-hydroxylation sites is 1. The molecule has 0 aliphatic rings. The Balaban J connectivity index is 0.000000595. The van der Waals surface area contributed by atoms with Crippen LogP contribution < -0.4 is 5.32 Å². The minimum Gasteiger partial charge on any atom is -0.508 e. The number of rotatable bonds is 3. The Kier molecular flexibility index (Phi) is 5.65. The monoisotopic (exact) mass is 309 g/mol. The second kappa shape index (κ2) is 8.14. The highest BCUT2D eigenvalue weighted by Crippen LogP contribution is 2.21. The van der Waals surface area contributed by atoms with E-state index < -0.39 is 0 Å². The maximum absolute atomic E-state index is 9.30. The first-order chi connectivity index (χ1) is 11.2. The van der Waals surface area contributed by atoms with Gasteiger partial charge in [-0.2, -0.15) is 0 Å². The van der Waals surface area contributed by atoms with Crippen molar-refractivity contribution in [3.05, 3.63) is 67.0 Å². The summed E-state index contributed by atoms with van der Waals surface area (Å²) >= 11 is 0. The van der Waals surface area contributed by atoms with Crippen LogP contribution in [0.2, 0.25) is 0 Å². The summed E-state index contributed by atoms with van der Waals surface area (Å²) in [7, 11) is 0. The summed E-state index contributed by atoms with van der Waals surface area (Å²) < 4.78 is 0. The van der Waals surface area contributed by atoms with Crippen molar-refractivity contribution in [2.75, 3.05) is 5.32 Å². The zero-order chi connectivity index (χ0) is 16.5. The van der Waals surface area contributed by atoms with Crippen molar-refractivity contribution in [1.29, 1.82) is 0 Å². The minimum atomic E-state index is -0.250. The molecule has 116 valence electrons. The molecule has 0 aliphatic heterocycles. The molecular formula is C17H15N3O3. The predicted molar refractivity (Wildman–Crippen MR) is 87.6 cm³/mol. The van der Waals surface area contributed by atoms with E-state index in [1.807, 2.05) is 42.5 Å². The van der Waals surface area contributed by atoms with Gasteiger partial charge >= 0.3 is 0 Å². The highest BCUT2D eigenvalue weighted by molar-refractivity contribution is 5.63. The number of nitrogens with one attached hydrogen (secondary N) is 1. The summed E-state index contributed by atoms with van der Waals surface area (Å²) in [5, 5.41) is 19.4. The molecule has 0 amide bonds. The van der Waals surface area contributed by atoms with Crippen LogP contribution in [0.4, 0.5) is 11.5 Å². The van der Waals surface area contributed by atoms with E-state index in [-0.39, 0.29) is 12.2 Å². The first-order valence-electron chi connectivity index (χ1n) is 6.74. The van der Waals surface area contributed by atoms with E-state index in [0.29, 0.717) is 5.82 Å². The number of carboxylic acid groups (broad SMARTS) is 1. The fourth-order valence-electron chi connectivity index (χ4n) is 1.87. The standard InChI is InChI=1S/C16H13N3O.CH2O2/c20-14-8-6-12(7-9-14)15-10-17-11-16(19-15)18-13-4-2-1-3-5-13;2-1-3/h1-11,20H,(H,18,19);1H,(H,2,3). The van der Waals surface area contributed by atoms with Crippen LogP contribution in [-0.2, 0) is 4.79 Å². The molecule has 0 atom stereocenters. The zero-order valence-electron chi connectivity index (χ0n) is 12.1. The minimum absolute atomic E-state index is 0.236. The Morgan fingerprint density at radius 1 is 0.957 bits per heavy atom. The molecule has 1 heterocycles. The second-order valence-corrected chi connectivity index (χ2v) is 4.43. The molecule has 3 rings (SSSR count). The topological polar surface area (TPSA) is 95.3 Å². The summed E-state index contributed by atoms with van der Waals surface area (Å²) in [6.07, 6.45) is 3.37. The van der Waals surface area contributed by atoms with Gasteiger partial charge in [0.05, 0.1) is 18.1 Å². The molecule has 0 bridgehead atoms. The van der Waals surface area contributed by atoms with Gasteiger partial charge in [0, 0.05) is 11.3 Å². The highest BCUT2D eigenvalue weighted by Gasteiger charge is 2.02. The van der Waals surface area contributed by atoms with Gasteiger partial charge in [0.15, 0.2) is 0 Å². The average molecular weight is 309 g/mol. The lowest BCUT2D eigenvalue weighted by molar-refractivity contribution is -0.122. The fourth-order valence-corrected chi connectivity index (χ4v) is 1.87. The van der Waals surface area contributed by atoms with Gasteiger partial charge in [-0.1, -0.05) is 18.2 Å². The summed E-state index contributed by atoms with van der Waals surface area (Å²) in [5.41, 5.74) is 2.63. The number of aromatic nitrogens is 2. The van der Waals surface area contributed by atoms with Crippen LogP contribution in [0, 0.1) is 0 Å². The summed E-state index contributed by atoms with van der Waals surface area (Å²) in [4.78, 5) is 17.1. The van der Waals surface area contributed by atoms with Crippen molar-refractivity contribution in [3.63, 3.8) is 0 Å². The molecule has 0 spiro atoms. The lowest BCUT2D eigenvalue weighted by atomic mass is 10.1. The van der Waals surface area contributed by atoms with E-state index >= 15 is 0 Å². The maximum Gasteiger partial charge on any atom is 0.290 e. The van der Waals surface area contributed by atoms with Crippen LogP contribution in [0.1, 0.15) is 0 Å². The number of benzene rings is 2. The van der Waals surface area contributed by atoms with E-state index in [0.717, 1.165) is 16.9 Å². The highest BCUT2D eigenvalue weighted by atomic mass is 16.3. The van der Waals surface area contributed by atoms with E-state index in [1.54, 1.807) is 24.5 Å². The summed E-state index contributed by atoms with van der Waals surface area (Å²) in [5.74, 6) is 0.919. The fraction of sp³-hybridized carbons (Fsp3) is 0. The molecule has 0 fully saturated rings. The summed E-state index contributed by atoms with van der Waals surface area (Å²) in [6.45, 7) is -0.250. The first-order valence-corrected chi connectivity index (χ1v) is 6.74. The van der Waals surface area contributed by atoms with Crippen LogP contribution in [0.25, 0.3) is 11.3 Å². The van der Waals surface area contributed by atoms with Crippen molar-refractivity contribution in [2.24, 2.45) is 0 Å². The van der Waals surface area contributed by atoms with E-state index in [4.69, 9.17) is 9.90 Å². The van der Waals surface area contributed by atoms with E-state index in [9.17, 15) is 5.11 Å². The normalized spacial score (nSPS) is 9.39. The largest absolute Gasteiger partial charge is 0.508 e. The molecule has 3 N–H and O–H groups in total. The molecule has 0 saturated heterocycles. The molecule has 6 nitrogen and oxygen atoms in total. The number of hydrogen-bond acceptors (Lipinski definition) is 5. The zero-order valence-corrected chi connectivity index (χ0v) is 12.1. The molecule has 23 heavy (non-hydrogen) atoms. The molecule has 0 radical (unpaired) electrons. The molecule has 0 unspecified atom stereocenters. The number of carbonyl (C=O) groups is 1. The average Bonchev–Trinajstić information content (AvgIpc) is 2.57. The van der Waals surface area contributed by atoms with Gasteiger partial charge < -0.3 is 15.5 Å². The van der Waals surface area contributed by atoms with Crippen molar-refractivity contribution in [2.45, 2.75) is 0 Å². The van der Waals surface area contributed by atoms with Gasteiger partial charge in [-0.05, 0) is 36.4 Å². The van der Waals surface area contributed by atoms with Crippen LogP contribution in [-0.4, -0.2) is 26.7 Å². The Hall–Kier alpha value is -3.41. The SMILES string of the molecule is O=CO.Oc1ccc(-c2cncc(Nc3ccccc3)n2)cc1. The van der Waals surface area contributed by atoms with Crippen LogP contribution in [0.15, 0.2) is 67.0 Å². The van der Waals surface area contributed by atoms with Gasteiger partial charge in [-0.3, -0.25) is 9.78 Å². The van der Waals surface area contributed by atoms with E-state index in [2.05, 4.69) is 15.3 Å². The number of nitrogens with zero attached hydrogens (tertiary/aromatic N) is 2. The van der Waals surface area contributed by atoms with E-state index in [1.165, 1.54) is 0 Å². The third kappa shape index (κ3) is 4.82. The number of hydrogen-bond donors (Lipinski definition) is 3. The second-order valence-electron chi connectivity index (χ2n) is 4.43. The van der Waals surface area contributed by atoms with Crippen molar-refractivity contribution >= 4 is 18.0 Å². The lowest BCUT2D eigenvalue weighted by Crippen LogP contribution is -1.95. The van der Waals surface area contributed by atoms with Gasteiger partial charge in [0.2, 0.25) is 0 Å². The van der Waals surface area contributed by atoms with Crippen molar-refractivity contribution < 1.29 is 15.0 Å². The molecule has 0 aliphatic carbocycles. The van der Waals surface area contributed by atoms with Gasteiger partial charge in [0.1, 0.15) is 11.6 Å². The molecule has 1 aromatic heterocycles. The smallest absolute Gasteiger partial charge is 0.290 e. The molecule has 2 aromatic carbocycles. The maximum atomic E-state index is 9.30.